The number of H-pyrrole nitrogens is 1. The largest absolute Gasteiger partial charge is 0.285 e. The minimum absolute atomic E-state index is 0.882. The zero-order valence-corrected chi connectivity index (χ0v) is 6.86. The summed E-state index contributed by atoms with van der Waals surface area (Å²) in [6.45, 7) is 2.95. The van der Waals surface area contributed by atoms with Crippen molar-refractivity contribution in [3.8, 4) is 11.3 Å². The Morgan fingerprint density at radius 3 is 3.17 bits per heavy atom. The fraction of sp³-hybridized carbons (Fsp3) is 0.250. The number of aromatic nitrogens is 4. The smallest absolute Gasteiger partial charge is 0.0713 e. The van der Waals surface area contributed by atoms with E-state index in [-0.39, 0.29) is 0 Å². The third kappa shape index (κ3) is 1.01. The monoisotopic (exact) mass is 162 g/mol. The van der Waals surface area contributed by atoms with Crippen LogP contribution in [0.3, 0.4) is 0 Å². The molecule has 0 amide bonds. The summed E-state index contributed by atoms with van der Waals surface area (Å²) in [5, 5.41) is 10.8. The van der Waals surface area contributed by atoms with E-state index in [4.69, 9.17) is 0 Å². The van der Waals surface area contributed by atoms with Crippen molar-refractivity contribution < 1.29 is 0 Å². The fourth-order valence-corrected chi connectivity index (χ4v) is 1.22. The Balaban J connectivity index is 2.46. The summed E-state index contributed by atoms with van der Waals surface area (Å²) in [5.41, 5.74) is 2.18. The Labute approximate surface area is 70.2 Å². The second-order valence-electron chi connectivity index (χ2n) is 2.52. The van der Waals surface area contributed by atoms with E-state index in [1.165, 1.54) is 0 Å². The van der Waals surface area contributed by atoms with E-state index < -0.39 is 0 Å². The van der Waals surface area contributed by atoms with Crippen LogP contribution in [-0.2, 0) is 6.54 Å². The van der Waals surface area contributed by atoms with Gasteiger partial charge in [-0.1, -0.05) is 0 Å². The van der Waals surface area contributed by atoms with Crippen molar-refractivity contribution in [2.45, 2.75) is 13.5 Å². The first-order valence-electron chi connectivity index (χ1n) is 3.92. The SMILES string of the molecule is CCn1nccc1-c1cn[nH]c1. The zero-order valence-electron chi connectivity index (χ0n) is 6.86. The van der Waals surface area contributed by atoms with Gasteiger partial charge in [-0.3, -0.25) is 9.78 Å². The highest BCUT2D eigenvalue weighted by Gasteiger charge is 2.03. The lowest BCUT2D eigenvalue weighted by atomic mass is 10.2. The first kappa shape index (κ1) is 7.09. The molecule has 0 radical (unpaired) electrons. The molecule has 1 N–H and O–H groups in total. The van der Waals surface area contributed by atoms with Crippen molar-refractivity contribution in [3.05, 3.63) is 24.7 Å². The molecule has 2 aromatic rings. The van der Waals surface area contributed by atoms with Gasteiger partial charge in [-0.15, -0.1) is 0 Å². The molecule has 4 nitrogen and oxygen atoms in total. The second kappa shape index (κ2) is 2.81. The highest BCUT2D eigenvalue weighted by molar-refractivity contribution is 5.56. The standard InChI is InChI=1S/C8H10N4/c1-2-12-8(3-4-11-12)7-5-9-10-6-7/h3-6H,2H2,1H3,(H,9,10). The van der Waals surface area contributed by atoms with Gasteiger partial charge in [0.15, 0.2) is 0 Å². The molecular weight excluding hydrogens is 152 g/mol. The maximum atomic E-state index is 4.17. The summed E-state index contributed by atoms with van der Waals surface area (Å²) in [7, 11) is 0. The van der Waals surface area contributed by atoms with E-state index in [2.05, 4.69) is 22.2 Å². The first-order chi connectivity index (χ1) is 5.92. The van der Waals surface area contributed by atoms with E-state index in [0.29, 0.717) is 0 Å². The first-order valence-corrected chi connectivity index (χ1v) is 3.92. The number of hydrogen-bond acceptors (Lipinski definition) is 2. The van der Waals surface area contributed by atoms with Crippen LogP contribution in [0.4, 0.5) is 0 Å². The van der Waals surface area contributed by atoms with Crippen molar-refractivity contribution in [2.75, 3.05) is 0 Å². The molecule has 62 valence electrons. The van der Waals surface area contributed by atoms with Crippen LogP contribution >= 0.6 is 0 Å². The molecule has 2 rings (SSSR count). The Morgan fingerprint density at radius 2 is 2.50 bits per heavy atom. The highest BCUT2D eigenvalue weighted by atomic mass is 15.3. The lowest BCUT2D eigenvalue weighted by Crippen LogP contribution is -1.97. The molecule has 0 aliphatic heterocycles. The van der Waals surface area contributed by atoms with Gasteiger partial charge in [-0.2, -0.15) is 10.2 Å². The van der Waals surface area contributed by atoms with Crippen molar-refractivity contribution >= 4 is 0 Å². The summed E-state index contributed by atoms with van der Waals surface area (Å²) in [4.78, 5) is 0. The molecule has 0 bridgehead atoms. The molecule has 4 heteroatoms. The van der Waals surface area contributed by atoms with E-state index >= 15 is 0 Å². The van der Waals surface area contributed by atoms with Crippen LogP contribution in [0.1, 0.15) is 6.92 Å². The average Bonchev–Trinajstić information content (AvgIpc) is 2.74. The van der Waals surface area contributed by atoms with Gasteiger partial charge in [0.05, 0.1) is 11.9 Å². The van der Waals surface area contributed by atoms with Crippen LogP contribution < -0.4 is 0 Å². The van der Waals surface area contributed by atoms with Crippen molar-refractivity contribution in [2.24, 2.45) is 0 Å². The molecule has 0 atom stereocenters. The van der Waals surface area contributed by atoms with Crippen LogP contribution in [0.15, 0.2) is 24.7 Å². The summed E-state index contributed by atoms with van der Waals surface area (Å²) in [5.74, 6) is 0. The van der Waals surface area contributed by atoms with Gasteiger partial charge in [0.1, 0.15) is 0 Å². The van der Waals surface area contributed by atoms with Gasteiger partial charge in [0.25, 0.3) is 0 Å². The van der Waals surface area contributed by atoms with Crippen LogP contribution in [0.2, 0.25) is 0 Å². The average molecular weight is 162 g/mol. The molecule has 2 aromatic heterocycles. The molecule has 0 saturated carbocycles. The van der Waals surface area contributed by atoms with E-state index in [1.54, 1.807) is 12.4 Å². The Hall–Kier alpha value is -1.58. The lowest BCUT2D eigenvalue weighted by Gasteiger charge is -1.99. The zero-order chi connectivity index (χ0) is 8.39. The van der Waals surface area contributed by atoms with Crippen molar-refractivity contribution in [3.63, 3.8) is 0 Å². The predicted molar refractivity (Wildman–Crippen MR) is 45.5 cm³/mol. The molecule has 0 spiro atoms. The second-order valence-corrected chi connectivity index (χ2v) is 2.52. The molecule has 0 saturated heterocycles. The summed E-state index contributed by atoms with van der Waals surface area (Å²) < 4.78 is 1.94. The van der Waals surface area contributed by atoms with Gasteiger partial charge in [-0.05, 0) is 13.0 Å². The molecule has 0 aromatic carbocycles. The third-order valence-electron chi connectivity index (χ3n) is 1.81. The Kier molecular flexibility index (Phi) is 1.66. The number of aromatic amines is 1. The van der Waals surface area contributed by atoms with Crippen molar-refractivity contribution in [1.29, 1.82) is 0 Å². The van der Waals surface area contributed by atoms with E-state index in [9.17, 15) is 0 Å². The summed E-state index contributed by atoms with van der Waals surface area (Å²) in [6.07, 6.45) is 5.46. The molecule has 12 heavy (non-hydrogen) atoms. The van der Waals surface area contributed by atoms with Gasteiger partial charge in [0.2, 0.25) is 0 Å². The van der Waals surface area contributed by atoms with Gasteiger partial charge < -0.3 is 0 Å². The van der Waals surface area contributed by atoms with E-state index in [1.807, 2.05) is 16.9 Å². The van der Waals surface area contributed by atoms with Gasteiger partial charge in [-0.25, -0.2) is 0 Å². The number of nitrogens with zero attached hydrogens (tertiary/aromatic N) is 3. The maximum absolute atomic E-state index is 4.17. The topological polar surface area (TPSA) is 46.5 Å². The molecule has 0 aliphatic carbocycles. The maximum Gasteiger partial charge on any atom is 0.0713 e. The van der Waals surface area contributed by atoms with Crippen molar-refractivity contribution in [1.82, 2.24) is 20.0 Å². The molecule has 0 unspecified atom stereocenters. The predicted octanol–water partition coefficient (Wildman–Crippen LogP) is 1.29. The number of rotatable bonds is 2. The van der Waals surface area contributed by atoms with Gasteiger partial charge >= 0.3 is 0 Å². The number of hydrogen-bond donors (Lipinski definition) is 1. The van der Waals surface area contributed by atoms with Crippen LogP contribution in [0.5, 0.6) is 0 Å². The highest BCUT2D eigenvalue weighted by Crippen LogP contribution is 2.15. The fourth-order valence-electron chi connectivity index (χ4n) is 1.22. The Morgan fingerprint density at radius 1 is 1.58 bits per heavy atom. The van der Waals surface area contributed by atoms with Crippen LogP contribution in [-0.4, -0.2) is 20.0 Å². The summed E-state index contributed by atoms with van der Waals surface area (Å²) in [6, 6.07) is 1.98. The number of aryl methyl sites for hydroxylation is 1. The van der Waals surface area contributed by atoms with E-state index in [0.717, 1.165) is 17.8 Å². The molecule has 2 heterocycles. The lowest BCUT2D eigenvalue weighted by molar-refractivity contribution is 0.667. The molecule has 0 fully saturated rings. The molecular formula is C8H10N4. The van der Waals surface area contributed by atoms with Gasteiger partial charge in [0, 0.05) is 24.5 Å². The quantitative estimate of drug-likeness (QED) is 0.723. The number of nitrogens with one attached hydrogen (secondary N) is 1. The van der Waals surface area contributed by atoms with Crippen LogP contribution in [0, 0.1) is 0 Å². The molecule has 0 aliphatic rings. The summed E-state index contributed by atoms with van der Waals surface area (Å²) >= 11 is 0. The third-order valence-corrected chi connectivity index (χ3v) is 1.81. The minimum atomic E-state index is 0.882. The Bertz CT molecular complexity index is 347. The minimum Gasteiger partial charge on any atom is -0.285 e. The van der Waals surface area contributed by atoms with Crippen LogP contribution in [0.25, 0.3) is 11.3 Å². The normalized spacial score (nSPS) is 10.4.